The zero-order valence-corrected chi connectivity index (χ0v) is 50.9. The van der Waals surface area contributed by atoms with E-state index in [0.29, 0.717) is 12.8 Å². The maximum absolute atomic E-state index is 13.3. The molecule has 0 bridgehead atoms. The van der Waals surface area contributed by atoms with Gasteiger partial charge in [0.15, 0.2) is 12.6 Å². The molecule has 0 aromatic carbocycles. The summed E-state index contributed by atoms with van der Waals surface area (Å²) in [5.74, 6) is -0.276. The SMILES string of the molecule is CC/C=C\C/C=C\C/C=C\C/C=C\C/C=C\C/C=C\CCCCCCC(=O)NC(COC1OC(CO)C(OC2OC(CO)C(O)C(O)C2O)C(O)C1O)C(O)/C=C/CC/C=C/CCCCCCCCCCCCCCCCCCCCC. The summed E-state index contributed by atoms with van der Waals surface area (Å²) in [6.45, 7) is 2.66. The first kappa shape index (κ1) is 75.0. The molecule has 472 valence electrons. The quantitative estimate of drug-likeness (QED) is 0.0204. The fourth-order valence-electron chi connectivity index (χ4n) is 10.1. The highest BCUT2D eigenvalue weighted by molar-refractivity contribution is 5.76. The third kappa shape index (κ3) is 36.7. The molecule has 1 amide bonds. The van der Waals surface area contributed by atoms with Crippen molar-refractivity contribution in [3.05, 3.63) is 97.2 Å². The predicted molar refractivity (Wildman–Crippen MR) is 332 cm³/mol. The molecule has 2 fully saturated rings. The van der Waals surface area contributed by atoms with Crippen LogP contribution in [0.2, 0.25) is 0 Å². The van der Waals surface area contributed by atoms with Crippen molar-refractivity contribution in [1.82, 2.24) is 5.32 Å². The monoisotopic (exact) mass is 1160 g/mol. The molecule has 12 unspecified atom stereocenters. The molecule has 14 nitrogen and oxygen atoms in total. The minimum absolute atomic E-state index is 0.238. The van der Waals surface area contributed by atoms with Crippen molar-refractivity contribution in [3.8, 4) is 0 Å². The van der Waals surface area contributed by atoms with Crippen LogP contribution in [0.3, 0.4) is 0 Å². The minimum Gasteiger partial charge on any atom is -0.394 e. The topological polar surface area (TPSA) is 228 Å². The zero-order valence-electron chi connectivity index (χ0n) is 50.9. The van der Waals surface area contributed by atoms with E-state index in [0.717, 1.165) is 77.0 Å². The van der Waals surface area contributed by atoms with Crippen molar-refractivity contribution in [3.63, 3.8) is 0 Å². The summed E-state index contributed by atoms with van der Waals surface area (Å²) in [6.07, 6.45) is 55.9. The summed E-state index contributed by atoms with van der Waals surface area (Å²) < 4.78 is 22.8. The van der Waals surface area contributed by atoms with Gasteiger partial charge in [-0.15, -0.1) is 0 Å². The molecule has 0 radical (unpaired) electrons. The van der Waals surface area contributed by atoms with E-state index in [4.69, 9.17) is 18.9 Å². The van der Waals surface area contributed by atoms with Crippen LogP contribution >= 0.6 is 0 Å². The van der Waals surface area contributed by atoms with Gasteiger partial charge in [0, 0.05) is 6.42 Å². The van der Waals surface area contributed by atoms with Crippen LogP contribution in [0, 0.1) is 0 Å². The van der Waals surface area contributed by atoms with E-state index >= 15 is 0 Å². The molecule has 2 heterocycles. The van der Waals surface area contributed by atoms with Crippen molar-refractivity contribution in [2.45, 2.75) is 306 Å². The van der Waals surface area contributed by atoms with Crippen LogP contribution in [-0.4, -0.2) is 140 Å². The fourth-order valence-corrected chi connectivity index (χ4v) is 10.1. The van der Waals surface area contributed by atoms with Crippen LogP contribution in [0.25, 0.3) is 0 Å². The lowest BCUT2D eigenvalue weighted by Gasteiger charge is -2.46. The molecular weight excluding hydrogens is 1040 g/mol. The molecule has 0 aliphatic carbocycles. The molecule has 0 aromatic rings. The number of nitrogens with one attached hydrogen (secondary N) is 1. The fraction of sp³-hybridized carbons (Fsp3) is 0.750. The Morgan fingerprint density at radius 1 is 0.451 bits per heavy atom. The van der Waals surface area contributed by atoms with Gasteiger partial charge in [0.1, 0.15) is 48.8 Å². The van der Waals surface area contributed by atoms with E-state index in [1.807, 2.05) is 6.08 Å². The van der Waals surface area contributed by atoms with Gasteiger partial charge >= 0.3 is 0 Å². The number of allylic oxidation sites excluding steroid dienone is 15. The maximum Gasteiger partial charge on any atom is 0.220 e. The number of amides is 1. The summed E-state index contributed by atoms with van der Waals surface area (Å²) >= 11 is 0. The van der Waals surface area contributed by atoms with Crippen molar-refractivity contribution in [1.29, 1.82) is 0 Å². The summed E-state index contributed by atoms with van der Waals surface area (Å²) in [5.41, 5.74) is 0. The summed E-state index contributed by atoms with van der Waals surface area (Å²) in [5, 5.41) is 87.2. The lowest BCUT2D eigenvalue weighted by molar-refractivity contribution is -0.359. The average Bonchev–Trinajstić information content (AvgIpc) is 3.53. The van der Waals surface area contributed by atoms with Crippen molar-refractivity contribution in [2.75, 3.05) is 19.8 Å². The first-order valence-electron chi connectivity index (χ1n) is 32.5. The Morgan fingerprint density at radius 2 is 0.854 bits per heavy atom. The number of ether oxygens (including phenoxy) is 4. The van der Waals surface area contributed by atoms with Gasteiger partial charge in [0.25, 0.3) is 0 Å². The largest absolute Gasteiger partial charge is 0.394 e. The minimum atomic E-state index is -1.80. The first-order valence-corrected chi connectivity index (χ1v) is 32.5. The molecule has 2 rings (SSSR count). The van der Waals surface area contributed by atoms with Gasteiger partial charge in [-0.05, 0) is 83.5 Å². The molecular formula is C68H117NO13. The second-order valence-electron chi connectivity index (χ2n) is 22.5. The van der Waals surface area contributed by atoms with Crippen LogP contribution in [0.1, 0.15) is 232 Å². The third-order valence-corrected chi connectivity index (χ3v) is 15.3. The molecule has 2 saturated heterocycles. The molecule has 0 spiro atoms. The number of hydrogen-bond acceptors (Lipinski definition) is 13. The van der Waals surface area contributed by atoms with E-state index in [-0.39, 0.29) is 18.9 Å². The highest BCUT2D eigenvalue weighted by Crippen LogP contribution is 2.30. The highest BCUT2D eigenvalue weighted by Gasteiger charge is 2.51. The molecule has 2 aliphatic rings. The number of aliphatic hydroxyl groups is 8. The lowest BCUT2D eigenvalue weighted by Crippen LogP contribution is -2.65. The van der Waals surface area contributed by atoms with Crippen LogP contribution in [-0.2, 0) is 23.7 Å². The van der Waals surface area contributed by atoms with Crippen molar-refractivity contribution < 1.29 is 64.6 Å². The third-order valence-electron chi connectivity index (χ3n) is 15.3. The van der Waals surface area contributed by atoms with Crippen LogP contribution < -0.4 is 5.32 Å². The van der Waals surface area contributed by atoms with E-state index in [9.17, 15) is 45.6 Å². The predicted octanol–water partition coefficient (Wildman–Crippen LogP) is 12.2. The van der Waals surface area contributed by atoms with Crippen molar-refractivity contribution in [2.24, 2.45) is 0 Å². The number of carbonyl (C=O) groups is 1. The van der Waals surface area contributed by atoms with Gasteiger partial charge in [-0.3, -0.25) is 4.79 Å². The Bertz CT molecular complexity index is 1740. The molecule has 0 saturated carbocycles. The standard InChI is InChI=1S/C68H117NO13/c1-3-5-7-9-11-13-15-17-19-21-23-25-27-28-30-31-33-35-37-39-41-43-45-47-49-51-57(72)56(55-79-67-65(78)63(76)66(59(54-71)81-67)82-68-64(77)62(75)61(74)58(53-70)80-68)69-60(73)52-50-48-46-44-42-40-38-36-34-32-29-26-24-22-20-18-16-14-12-10-8-6-4-2/h6,8,12,14,18,20,24,26,32,34,38,40-41,43,49,51,56-59,61-68,70-72,74-78H,3-5,7,9-11,13,15-17,19,21-23,25,27-31,33,35-37,39,42,44-48,50,52-55H2,1-2H3,(H,69,73)/b8-6-,14-12-,20-18-,26-24-,34-32-,40-38-,43-41+,51-49+. The maximum atomic E-state index is 13.3. The Balaban J connectivity index is 1.77. The first-order chi connectivity index (χ1) is 40.1. The normalized spacial score (nSPS) is 24.6. The highest BCUT2D eigenvalue weighted by atomic mass is 16.7. The summed E-state index contributed by atoms with van der Waals surface area (Å²) in [7, 11) is 0. The Hall–Kier alpha value is -3.09. The molecule has 9 N–H and O–H groups in total. The Labute approximate surface area is 496 Å². The summed E-state index contributed by atoms with van der Waals surface area (Å²) in [4.78, 5) is 13.3. The van der Waals surface area contributed by atoms with Gasteiger partial charge in [-0.25, -0.2) is 0 Å². The second-order valence-corrected chi connectivity index (χ2v) is 22.5. The Morgan fingerprint density at radius 3 is 1.34 bits per heavy atom. The molecule has 12 atom stereocenters. The van der Waals surface area contributed by atoms with Gasteiger partial charge < -0.3 is 65.1 Å². The lowest BCUT2D eigenvalue weighted by atomic mass is 9.97. The number of rotatable bonds is 51. The van der Waals surface area contributed by atoms with Crippen LogP contribution in [0.5, 0.6) is 0 Å². The van der Waals surface area contributed by atoms with Gasteiger partial charge in [-0.1, -0.05) is 239 Å². The second kappa shape index (κ2) is 52.3. The Kier molecular flexibility index (Phi) is 47.8. The molecule has 2 aliphatic heterocycles. The van der Waals surface area contributed by atoms with Crippen LogP contribution in [0.15, 0.2) is 97.2 Å². The zero-order chi connectivity index (χ0) is 59.5. The molecule has 0 aromatic heterocycles. The average molecular weight is 1160 g/mol. The van der Waals surface area contributed by atoms with Crippen molar-refractivity contribution >= 4 is 5.91 Å². The van der Waals surface area contributed by atoms with Gasteiger partial charge in [-0.2, -0.15) is 0 Å². The van der Waals surface area contributed by atoms with Crippen LogP contribution in [0.4, 0.5) is 0 Å². The smallest absolute Gasteiger partial charge is 0.220 e. The number of hydrogen-bond donors (Lipinski definition) is 9. The van der Waals surface area contributed by atoms with Gasteiger partial charge in [0.05, 0.1) is 32.0 Å². The van der Waals surface area contributed by atoms with E-state index < -0.39 is 86.8 Å². The molecule has 14 heteroatoms. The number of aliphatic hydroxyl groups excluding tert-OH is 8. The van der Waals surface area contributed by atoms with E-state index in [2.05, 4.69) is 104 Å². The summed E-state index contributed by atoms with van der Waals surface area (Å²) in [6, 6.07) is -0.953. The number of carbonyl (C=O) groups excluding carboxylic acids is 1. The van der Waals surface area contributed by atoms with E-state index in [1.165, 1.54) is 122 Å². The molecule has 82 heavy (non-hydrogen) atoms. The van der Waals surface area contributed by atoms with Gasteiger partial charge in [0.2, 0.25) is 5.91 Å². The number of unbranched alkanes of at least 4 members (excludes halogenated alkanes) is 24. The van der Waals surface area contributed by atoms with E-state index in [1.54, 1.807) is 6.08 Å².